The van der Waals surface area contributed by atoms with Crippen molar-refractivity contribution in [3.8, 4) is 0 Å². The van der Waals surface area contributed by atoms with Crippen LogP contribution < -0.4 is 10.6 Å². The van der Waals surface area contributed by atoms with Gasteiger partial charge in [-0.05, 0) is 58.0 Å². The number of hydrogen-bond donors (Lipinski definition) is 5. The predicted molar refractivity (Wildman–Crippen MR) is 124 cm³/mol. The van der Waals surface area contributed by atoms with Crippen LogP contribution in [0.5, 0.6) is 0 Å². The van der Waals surface area contributed by atoms with Gasteiger partial charge in [0.2, 0.25) is 0 Å². The largest absolute Gasteiger partial charge is 0.379 e. The molecule has 0 aromatic heterocycles. The number of hydrogen-bond acceptors (Lipinski definition) is 9. The van der Waals surface area contributed by atoms with Crippen LogP contribution in [0.2, 0.25) is 0 Å². The fraction of sp³-hybridized carbons (Fsp3) is 0.958. The van der Waals surface area contributed by atoms with Crippen LogP contribution >= 0.6 is 0 Å². The second-order valence-corrected chi connectivity index (χ2v) is 11.4. The van der Waals surface area contributed by atoms with Gasteiger partial charge in [0.15, 0.2) is 6.35 Å². The van der Waals surface area contributed by atoms with E-state index in [-0.39, 0.29) is 17.5 Å². The minimum Gasteiger partial charge on any atom is -0.379 e. The molecule has 0 bridgehead atoms. The molecule has 1 spiro atoms. The molecular formula is C24H43N5O4. The van der Waals surface area contributed by atoms with Crippen molar-refractivity contribution in [2.75, 3.05) is 39.8 Å². The van der Waals surface area contributed by atoms with Crippen LogP contribution in [-0.4, -0.2) is 113 Å². The van der Waals surface area contributed by atoms with Gasteiger partial charge in [-0.3, -0.25) is 19.9 Å². The van der Waals surface area contributed by atoms with Crippen molar-refractivity contribution >= 4 is 5.78 Å². The number of piperidine rings is 2. The topological polar surface area (TPSA) is 112 Å². The Labute approximate surface area is 197 Å². The molecule has 9 heteroatoms. The van der Waals surface area contributed by atoms with E-state index in [9.17, 15) is 20.1 Å². The van der Waals surface area contributed by atoms with Crippen molar-refractivity contribution in [3.63, 3.8) is 0 Å². The normalized spacial score (nSPS) is 42.4. The van der Waals surface area contributed by atoms with E-state index in [0.29, 0.717) is 37.0 Å². The first-order valence-corrected chi connectivity index (χ1v) is 13.1. The molecule has 5 fully saturated rings. The molecule has 0 amide bonds. The highest BCUT2D eigenvalue weighted by atomic mass is 16.3. The molecule has 0 aromatic rings. The maximum Gasteiger partial charge on any atom is 0.166 e. The van der Waals surface area contributed by atoms with Gasteiger partial charge < -0.3 is 25.5 Å². The maximum absolute atomic E-state index is 12.3. The maximum atomic E-state index is 12.3. The number of carbonyl (C=O) groups excluding carboxylic acids is 1. The molecule has 0 aromatic carbocycles. The Morgan fingerprint density at radius 1 is 1.03 bits per heavy atom. The highest BCUT2D eigenvalue weighted by Crippen LogP contribution is 2.41. The van der Waals surface area contributed by atoms with Crippen LogP contribution in [0.15, 0.2) is 0 Å². The van der Waals surface area contributed by atoms with E-state index >= 15 is 0 Å². The van der Waals surface area contributed by atoms with Gasteiger partial charge in [-0.2, -0.15) is 0 Å². The van der Waals surface area contributed by atoms with Gasteiger partial charge in [0.05, 0.1) is 11.5 Å². The lowest BCUT2D eigenvalue weighted by Gasteiger charge is -2.47. The number of aliphatic hydroxyl groups excluding tert-OH is 3. The Balaban J connectivity index is 1.08. The Bertz CT molecular complexity index is 706. The molecule has 188 valence electrons. The first kappa shape index (κ1) is 24.1. The van der Waals surface area contributed by atoms with Gasteiger partial charge in [0, 0.05) is 44.7 Å². The molecule has 7 unspecified atom stereocenters. The van der Waals surface area contributed by atoms with Crippen molar-refractivity contribution in [3.05, 3.63) is 0 Å². The molecule has 7 atom stereocenters. The molecular weight excluding hydrogens is 422 g/mol. The first-order chi connectivity index (χ1) is 15.9. The van der Waals surface area contributed by atoms with Crippen LogP contribution in [0.1, 0.15) is 57.8 Å². The van der Waals surface area contributed by atoms with Gasteiger partial charge in [0.25, 0.3) is 0 Å². The molecule has 1 saturated carbocycles. The summed E-state index contributed by atoms with van der Waals surface area (Å²) in [5.74, 6) is 1.14. The summed E-state index contributed by atoms with van der Waals surface area (Å²) >= 11 is 0. The monoisotopic (exact) mass is 465 g/mol. The van der Waals surface area contributed by atoms with Crippen molar-refractivity contribution in [1.82, 2.24) is 25.3 Å². The minimum atomic E-state index is -0.812. The van der Waals surface area contributed by atoms with Gasteiger partial charge in [-0.1, -0.05) is 12.8 Å². The third-order valence-corrected chi connectivity index (χ3v) is 9.31. The molecule has 5 aliphatic rings. The second kappa shape index (κ2) is 9.78. The number of carbonyl (C=O) groups is 1. The lowest BCUT2D eigenvalue weighted by molar-refractivity contribution is -0.137. The van der Waals surface area contributed by atoms with Crippen LogP contribution in [0.25, 0.3) is 0 Å². The van der Waals surface area contributed by atoms with E-state index in [2.05, 4.69) is 25.3 Å². The zero-order valence-electron chi connectivity index (χ0n) is 20.0. The van der Waals surface area contributed by atoms with Crippen molar-refractivity contribution in [1.29, 1.82) is 0 Å². The summed E-state index contributed by atoms with van der Waals surface area (Å²) in [6.45, 7) is 4.67. The van der Waals surface area contributed by atoms with Crippen molar-refractivity contribution < 1.29 is 20.1 Å². The molecule has 5 rings (SSSR count). The third kappa shape index (κ3) is 4.63. The number of nitrogens with one attached hydrogen (secondary N) is 2. The summed E-state index contributed by atoms with van der Waals surface area (Å²) in [5, 5.41) is 37.4. The highest BCUT2D eigenvalue weighted by Gasteiger charge is 2.51. The van der Waals surface area contributed by atoms with Crippen molar-refractivity contribution in [2.24, 2.45) is 11.3 Å². The lowest BCUT2D eigenvalue weighted by Crippen LogP contribution is -2.65. The molecule has 0 radical (unpaired) electrons. The van der Waals surface area contributed by atoms with Gasteiger partial charge in [-0.15, -0.1) is 0 Å². The van der Waals surface area contributed by atoms with Gasteiger partial charge >= 0.3 is 0 Å². The number of ketones is 1. The Hall–Kier alpha value is -0.650. The van der Waals surface area contributed by atoms with Gasteiger partial charge in [-0.25, -0.2) is 0 Å². The molecule has 33 heavy (non-hydrogen) atoms. The fourth-order valence-electron chi connectivity index (χ4n) is 7.24. The Morgan fingerprint density at radius 2 is 1.82 bits per heavy atom. The van der Waals surface area contributed by atoms with E-state index < -0.39 is 18.8 Å². The number of likely N-dealkylation sites (tertiary alicyclic amines) is 1. The zero-order chi connectivity index (χ0) is 23.2. The molecule has 4 aliphatic heterocycles. The van der Waals surface area contributed by atoms with Crippen LogP contribution in [0.3, 0.4) is 0 Å². The summed E-state index contributed by atoms with van der Waals surface area (Å²) in [5.41, 5.74) is -0.0874. The highest BCUT2D eigenvalue weighted by molar-refractivity contribution is 5.87. The van der Waals surface area contributed by atoms with Crippen molar-refractivity contribution in [2.45, 2.75) is 94.7 Å². The van der Waals surface area contributed by atoms with Gasteiger partial charge in [0.1, 0.15) is 18.2 Å². The van der Waals surface area contributed by atoms with E-state index in [0.717, 1.165) is 45.6 Å². The zero-order valence-corrected chi connectivity index (χ0v) is 20.0. The van der Waals surface area contributed by atoms with E-state index in [1.807, 2.05) is 7.05 Å². The standard InChI is InChI=1S/C24H43N5O4/c1-27-19-12-16(4-2-3-10-28-11-9-20(30)24(15-28)13-25-14-24)5-6-17(19)29(23(27)33)18-7-8-21(31)26-22(18)32/h16-19,21-23,25-26,31-33H,2-15H2,1H3. The fourth-order valence-corrected chi connectivity index (χ4v) is 7.24. The summed E-state index contributed by atoms with van der Waals surface area (Å²) in [6, 6.07) is 0.413. The smallest absolute Gasteiger partial charge is 0.166 e. The third-order valence-electron chi connectivity index (χ3n) is 9.31. The number of unbranched alkanes of at least 4 members (excludes halogenated alkanes) is 1. The van der Waals surface area contributed by atoms with E-state index in [1.165, 1.54) is 25.7 Å². The van der Waals surface area contributed by atoms with Crippen LogP contribution in [-0.2, 0) is 4.79 Å². The van der Waals surface area contributed by atoms with E-state index in [4.69, 9.17) is 0 Å². The average Bonchev–Trinajstić information content (AvgIpc) is 3.01. The van der Waals surface area contributed by atoms with E-state index in [1.54, 1.807) is 0 Å². The first-order valence-electron chi connectivity index (χ1n) is 13.1. The number of Topliss-reactive ketones (excluding diaryl/α,β-unsaturated/α-hetero) is 1. The Kier molecular flexibility index (Phi) is 7.13. The summed E-state index contributed by atoms with van der Waals surface area (Å²) in [6.07, 6.45) is 6.79. The van der Waals surface area contributed by atoms with Crippen LogP contribution in [0.4, 0.5) is 0 Å². The molecule has 1 aliphatic carbocycles. The summed E-state index contributed by atoms with van der Waals surface area (Å²) < 4.78 is 0. The molecule has 4 heterocycles. The summed E-state index contributed by atoms with van der Waals surface area (Å²) in [7, 11) is 2.00. The summed E-state index contributed by atoms with van der Waals surface area (Å²) in [4.78, 5) is 18.9. The number of fused-ring (bicyclic) bond motifs is 1. The second-order valence-electron chi connectivity index (χ2n) is 11.4. The van der Waals surface area contributed by atoms with Crippen LogP contribution in [0, 0.1) is 11.3 Å². The number of aliphatic hydroxyl groups is 3. The SMILES string of the molecule is CN1C2CC(CCCCN3CCC(=O)C4(CNC4)C3)CCC2N(C2CCC(O)NC2O)C1O. The number of rotatable bonds is 6. The quantitative estimate of drug-likeness (QED) is 0.331. The average molecular weight is 466 g/mol. The molecule has 5 N–H and O–H groups in total. The molecule has 9 nitrogen and oxygen atoms in total. The minimum absolute atomic E-state index is 0.0874. The predicted octanol–water partition coefficient (Wildman–Crippen LogP) is -0.529. The number of nitrogens with zero attached hydrogens (tertiary/aromatic N) is 3. The number of likely N-dealkylation sites (N-methyl/N-ethyl adjacent to an activating group) is 1. The Morgan fingerprint density at radius 3 is 2.55 bits per heavy atom. The molecule has 4 saturated heterocycles. The lowest BCUT2D eigenvalue weighted by atomic mass is 9.73.